The number of rotatable bonds is 4. The lowest BCUT2D eigenvalue weighted by molar-refractivity contribution is 0.614. The molecule has 102 valence electrons. The van der Waals surface area contributed by atoms with Crippen LogP contribution in [-0.2, 0) is 13.0 Å². The van der Waals surface area contributed by atoms with Gasteiger partial charge in [0.25, 0.3) is 6.01 Å². The van der Waals surface area contributed by atoms with E-state index in [0.717, 1.165) is 6.42 Å². The van der Waals surface area contributed by atoms with Gasteiger partial charge in [0.15, 0.2) is 5.58 Å². The molecule has 0 spiro atoms. The van der Waals surface area contributed by atoms with E-state index in [1.54, 1.807) is 0 Å². The van der Waals surface area contributed by atoms with Crippen LogP contribution in [0.5, 0.6) is 0 Å². The van der Waals surface area contributed by atoms with E-state index in [0.29, 0.717) is 29.3 Å². The summed E-state index contributed by atoms with van der Waals surface area (Å²) in [5.41, 5.74) is 10.5. The second kappa shape index (κ2) is 5.25. The van der Waals surface area contributed by atoms with Gasteiger partial charge in [0.2, 0.25) is 0 Å². The van der Waals surface area contributed by atoms with Gasteiger partial charge in [-0.25, -0.2) is 0 Å². The predicted molar refractivity (Wildman–Crippen MR) is 81.6 cm³/mol. The zero-order chi connectivity index (χ0) is 13.9. The highest BCUT2D eigenvalue weighted by atomic mass is 16.4. The number of fused-ring (bicyclic) bond motifs is 1. The minimum Gasteiger partial charge on any atom is -0.423 e. The van der Waals surface area contributed by atoms with E-state index in [1.807, 2.05) is 24.3 Å². The average molecular weight is 267 g/mol. The fourth-order valence-electron chi connectivity index (χ4n) is 2.29. The van der Waals surface area contributed by atoms with Gasteiger partial charge in [0, 0.05) is 6.54 Å². The number of para-hydroxylation sites is 1. The van der Waals surface area contributed by atoms with E-state index >= 15 is 0 Å². The molecule has 0 aliphatic carbocycles. The average Bonchev–Trinajstić information content (AvgIpc) is 2.90. The molecular weight excluding hydrogens is 250 g/mol. The van der Waals surface area contributed by atoms with Crippen molar-refractivity contribution < 1.29 is 4.42 Å². The van der Waals surface area contributed by atoms with Crippen molar-refractivity contribution in [3.8, 4) is 0 Å². The summed E-state index contributed by atoms with van der Waals surface area (Å²) >= 11 is 0. The molecule has 0 bridgehead atoms. The molecule has 0 radical (unpaired) electrons. The number of nitrogens with one attached hydrogen (secondary N) is 1. The van der Waals surface area contributed by atoms with E-state index in [-0.39, 0.29) is 0 Å². The number of nitrogens with two attached hydrogens (primary N) is 1. The Morgan fingerprint density at radius 3 is 2.65 bits per heavy atom. The molecule has 1 heterocycles. The van der Waals surface area contributed by atoms with Gasteiger partial charge < -0.3 is 15.5 Å². The van der Waals surface area contributed by atoms with Crippen LogP contribution in [0.2, 0.25) is 0 Å². The molecule has 0 saturated carbocycles. The topological polar surface area (TPSA) is 64.1 Å². The fourth-order valence-corrected chi connectivity index (χ4v) is 2.29. The predicted octanol–water partition coefficient (Wildman–Crippen LogP) is 3.58. The van der Waals surface area contributed by atoms with Crippen molar-refractivity contribution in [2.45, 2.75) is 19.9 Å². The monoisotopic (exact) mass is 267 g/mol. The molecule has 0 aliphatic heterocycles. The maximum absolute atomic E-state index is 5.87. The van der Waals surface area contributed by atoms with Gasteiger partial charge in [0.1, 0.15) is 5.52 Å². The van der Waals surface area contributed by atoms with Crippen molar-refractivity contribution in [2.75, 3.05) is 11.1 Å². The first-order valence-corrected chi connectivity index (χ1v) is 6.73. The number of aromatic nitrogens is 1. The summed E-state index contributed by atoms with van der Waals surface area (Å²) in [7, 11) is 0. The van der Waals surface area contributed by atoms with Gasteiger partial charge in [-0.3, -0.25) is 0 Å². The molecule has 4 nitrogen and oxygen atoms in total. The zero-order valence-corrected chi connectivity index (χ0v) is 11.4. The molecule has 4 heteroatoms. The Balaban J connectivity index is 1.82. The number of anilines is 2. The molecule has 3 aromatic rings. The molecule has 20 heavy (non-hydrogen) atoms. The number of aryl methyl sites for hydroxylation is 1. The van der Waals surface area contributed by atoms with Crippen LogP contribution in [0.1, 0.15) is 18.1 Å². The summed E-state index contributed by atoms with van der Waals surface area (Å²) in [6.07, 6.45) is 1.01. The number of nitrogen functional groups attached to an aromatic ring is 1. The SMILES string of the molecule is CCc1ccccc1CNc1nc2c(N)cccc2o1. The maximum atomic E-state index is 5.87. The van der Waals surface area contributed by atoms with Gasteiger partial charge in [-0.05, 0) is 29.7 Å². The van der Waals surface area contributed by atoms with Gasteiger partial charge in [-0.15, -0.1) is 0 Å². The highest BCUT2D eigenvalue weighted by Crippen LogP contribution is 2.24. The molecular formula is C16H17N3O. The molecule has 1 aromatic heterocycles. The summed E-state index contributed by atoms with van der Waals surface area (Å²) in [5, 5.41) is 3.22. The Morgan fingerprint density at radius 1 is 1.10 bits per heavy atom. The first-order chi connectivity index (χ1) is 9.78. The lowest BCUT2D eigenvalue weighted by Crippen LogP contribution is -2.02. The normalized spacial score (nSPS) is 10.8. The Labute approximate surface area is 117 Å². The molecule has 0 fully saturated rings. The van der Waals surface area contributed by atoms with Crippen LogP contribution in [0.4, 0.5) is 11.7 Å². The summed E-state index contributed by atoms with van der Waals surface area (Å²) < 4.78 is 5.64. The maximum Gasteiger partial charge on any atom is 0.296 e. The molecule has 3 rings (SSSR count). The third-order valence-electron chi connectivity index (χ3n) is 3.38. The molecule has 0 aliphatic rings. The van der Waals surface area contributed by atoms with Crippen molar-refractivity contribution in [3.63, 3.8) is 0 Å². The van der Waals surface area contributed by atoms with E-state index in [1.165, 1.54) is 11.1 Å². The molecule has 2 aromatic carbocycles. The summed E-state index contributed by atoms with van der Waals surface area (Å²) in [6, 6.07) is 14.4. The van der Waals surface area contributed by atoms with E-state index in [9.17, 15) is 0 Å². The quantitative estimate of drug-likeness (QED) is 0.709. The molecule has 0 saturated heterocycles. The number of hydrogen-bond acceptors (Lipinski definition) is 4. The number of benzene rings is 2. The highest BCUT2D eigenvalue weighted by molar-refractivity contribution is 5.86. The molecule has 0 unspecified atom stereocenters. The second-order valence-electron chi connectivity index (χ2n) is 4.69. The van der Waals surface area contributed by atoms with Crippen LogP contribution in [-0.4, -0.2) is 4.98 Å². The highest BCUT2D eigenvalue weighted by Gasteiger charge is 2.08. The Hall–Kier alpha value is -2.49. The van der Waals surface area contributed by atoms with Crippen LogP contribution >= 0.6 is 0 Å². The smallest absolute Gasteiger partial charge is 0.296 e. The standard InChI is InChI=1S/C16H17N3O/c1-2-11-6-3-4-7-12(11)10-18-16-19-15-13(17)8-5-9-14(15)20-16/h3-9H,2,10,17H2,1H3,(H,18,19). The summed E-state index contributed by atoms with van der Waals surface area (Å²) in [5.74, 6) is 0. The Morgan fingerprint density at radius 2 is 1.90 bits per heavy atom. The number of hydrogen-bond donors (Lipinski definition) is 2. The van der Waals surface area contributed by atoms with Crippen LogP contribution in [0.15, 0.2) is 46.9 Å². The Bertz CT molecular complexity index is 733. The lowest BCUT2D eigenvalue weighted by atomic mass is 10.1. The van der Waals surface area contributed by atoms with Crippen molar-refractivity contribution in [1.29, 1.82) is 0 Å². The molecule has 0 atom stereocenters. The lowest BCUT2D eigenvalue weighted by Gasteiger charge is -2.07. The zero-order valence-electron chi connectivity index (χ0n) is 11.4. The van der Waals surface area contributed by atoms with Gasteiger partial charge in [-0.2, -0.15) is 4.98 Å². The van der Waals surface area contributed by atoms with Crippen molar-refractivity contribution in [1.82, 2.24) is 4.98 Å². The van der Waals surface area contributed by atoms with E-state index < -0.39 is 0 Å². The van der Waals surface area contributed by atoms with Gasteiger partial charge >= 0.3 is 0 Å². The van der Waals surface area contributed by atoms with E-state index in [2.05, 4.69) is 35.4 Å². The second-order valence-corrected chi connectivity index (χ2v) is 4.69. The summed E-state index contributed by atoms with van der Waals surface area (Å²) in [4.78, 5) is 4.38. The first-order valence-electron chi connectivity index (χ1n) is 6.73. The molecule has 0 amide bonds. The van der Waals surface area contributed by atoms with Crippen LogP contribution in [0, 0.1) is 0 Å². The largest absolute Gasteiger partial charge is 0.423 e. The first kappa shape index (κ1) is 12.5. The van der Waals surface area contributed by atoms with Crippen molar-refractivity contribution in [2.24, 2.45) is 0 Å². The van der Waals surface area contributed by atoms with Crippen LogP contribution in [0.25, 0.3) is 11.1 Å². The van der Waals surface area contributed by atoms with Crippen molar-refractivity contribution >= 4 is 22.8 Å². The summed E-state index contributed by atoms with van der Waals surface area (Å²) in [6.45, 7) is 2.84. The number of oxazole rings is 1. The molecule has 3 N–H and O–H groups in total. The van der Waals surface area contributed by atoms with Crippen LogP contribution < -0.4 is 11.1 Å². The van der Waals surface area contributed by atoms with Crippen LogP contribution in [0.3, 0.4) is 0 Å². The van der Waals surface area contributed by atoms with Crippen molar-refractivity contribution in [3.05, 3.63) is 53.6 Å². The van der Waals surface area contributed by atoms with E-state index in [4.69, 9.17) is 10.2 Å². The minimum atomic E-state index is 0.504. The van der Waals surface area contributed by atoms with Gasteiger partial charge in [-0.1, -0.05) is 37.3 Å². The third kappa shape index (κ3) is 2.32. The fraction of sp³-hybridized carbons (Fsp3) is 0.188. The minimum absolute atomic E-state index is 0.504. The number of nitrogens with zero attached hydrogens (tertiary/aromatic N) is 1. The third-order valence-corrected chi connectivity index (χ3v) is 3.38. The Kier molecular flexibility index (Phi) is 3.29. The van der Waals surface area contributed by atoms with Gasteiger partial charge in [0.05, 0.1) is 5.69 Å².